The van der Waals surface area contributed by atoms with E-state index in [9.17, 15) is 0 Å². The molecule has 1 unspecified atom stereocenters. The highest BCUT2D eigenvalue weighted by molar-refractivity contribution is 7.73. The quantitative estimate of drug-likeness (QED) is 0.636. The number of ether oxygens (including phenoxy) is 1. The number of quaternary nitrogens is 1. The predicted octanol–water partition coefficient (Wildman–Crippen LogP) is 3.65. The van der Waals surface area contributed by atoms with Gasteiger partial charge >= 0.3 is 0 Å². The second-order valence-corrected chi connectivity index (χ2v) is 8.96. The van der Waals surface area contributed by atoms with E-state index in [0.717, 1.165) is 40.2 Å². The maximum absolute atomic E-state index is 5.56. The molecule has 26 heavy (non-hydrogen) atoms. The fraction of sp³-hybridized carbons (Fsp3) is 0.333. The largest absolute Gasteiger partial charge is 0.495 e. The molecule has 4 rings (SSSR count). The van der Waals surface area contributed by atoms with Gasteiger partial charge in [-0.25, -0.2) is 0 Å². The lowest BCUT2D eigenvalue weighted by molar-refractivity contribution is -0.954. The van der Waals surface area contributed by atoms with E-state index in [1.807, 2.05) is 40.3 Å². The third kappa shape index (κ3) is 3.42. The van der Waals surface area contributed by atoms with Crippen LogP contribution in [0.1, 0.15) is 23.4 Å². The summed E-state index contributed by atoms with van der Waals surface area (Å²) in [7, 11) is 1.67. The number of rotatable bonds is 5. The van der Waals surface area contributed by atoms with Gasteiger partial charge in [-0.1, -0.05) is 23.5 Å². The summed E-state index contributed by atoms with van der Waals surface area (Å²) in [6.07, 6.45) is 1.14. The summed E-state index contributed by atoms with van der Waals surface area (Å²) in [5, 5.41) is 11.0. The molecule has 3 heterocycles. The zero-order valence-electron chi connectivity index (χ0n) is 14.7. The number of para-hydroxylation sites is 2. The molecule has 0 fully saturated rings. The fourth-order valence-electron chi connectivity index (χ4n) is 3.38. The van der Waals surface area contributed by atoms with Gasteiger partial charge in [-0.15, -0.1) is 16.4 Å². The molecular weight excluding hydrogens is 384 g/mol. The Hall–Kier alpha value is -1.74. The molecule has 0 spiro atoms. The van der Waals surface area contributed by atoms with Crippen molar-refractivity contribution in [2.24, 2.45) is 0 Å². The van der Waals surface area contributed by atoms with E-state index in [-0.39, 0.29) is 0 Å². The first-order valence-electron chi connectivity index (χ1n) is 8.54. The van der Waals surface area contributed by atoms with Crippen molar-refractivity contribution in [2.45, 2.75) is 26.1 Å². The Labute approximate surface area is 165 Å². The van der Waals surface area contributed by atoms with E-state index >= 15 is 0 Å². The zero-order chi connectivity index (χ0) is 18.1. The van der Waals surface area contributed by atoms with Crippen LogP contribution in [0.5, 0.6) is 5.75 Å². The van der Waals surface area contributed by atoms with Crippen molar-refractivity contribution in [1.82, 2.24) is 9.78 Å². The minimum atomic E-state index is 0.472. The fourth-order valence-corrected chi connectivity index (χ4v) is 5.38. The Balaban J connectivity index is 1.52. The van der Waals surface area contributed by atoms with Crippen LogP contribution in [-0.4, -0.2) is 23.4 Å². The van der Waals surface area contributed by atoms with Gasteiger partial charge in [-0.2, -0.15) is 4.68 Å². The summed E-state index contributed by atoms with van der Waals surface area (Å²) < 4.78 is 8.13. The minimum Gasteiger partial charge on any atom is -0.495 e. The standard InChI is InChI=1S/C18H20N4OS3/c1-12-13-8-10-25-16(13)7-9-21(12)11-22-18(24)26-17(20-22)19-14-5-3-4-6-15(14)23-2/h3-6,8,10,12H,7,9,11H2,1-2H3,(H,19,20)/p+1/t12-/m1/s1. The van der Waals surface area contributed by atoms with E-state index in [1.165, 1.54) is 26.7 Å². The number of aromatic nitrogens is 2. The maximum atomic E-state index is 5.56. The lowest BCUT2D eigenvalue weighted by Gasteiger charge is -2.30. The van der Waals surface area contributed by atoms with Gasteiger partial charge < -0.3 is 15.0 Å². The summed E-state index contributed by atoms with van der Waals surface area (Å²) in [4.78, 5) is 3.03. The number of hydrogen-bond acceptors (Lipinski definition) is 6. The third-order valence-electron chi connectivity index (χ3n) is 4.84. The van der Waals surface area contributed by atoms with Crippen molar-refractivity contribution in [2.75, 3.05) is 19.0 Å². The molecule has 0 saturated carbocycles. The van der Waals surface area contributed by atoms with Gasteiger partial charge in [0.25, 0.3) is 0 Å². The van der Waals surface area contributed by atoms with Gasteiger partial charge in [0.1, 0.15) is 11.8 Å². The predicted molar refractivity (Wildman–Crippen MR) is 109 cm³/mol. The Morgan fingerprint density at radius 2 is 2.23 bits per heavy atom. The average Bonchev–Trinajstić information content (AvgIpc) is 3.25. The summed E-state index contributed by atoms with van der Waals surface area (Å²) in [6, 6.07) is 10.6. The van der Waals surface area contributed by atoms with Crippen molar-refractivity contribution >= 4 is 45.7 Å². The lowest BCUT2D eigenvalue weighted by atomic mass is 10.0. The van der Waals surface area contributed by atoms with Crippen LogP contribution in [0.3, 0.4) is 0 Å². The second-order valence-electron chi connectivity index (χ2n) is 6.34. The minimum absolute atomic E-state index is 0.472. The molecule has 2 aromatic heterocycles. The van der Waals surface area contributed by atoms with Crippen molar-refractivity contribution < 1.29 is 9.64 Å². The van der Waals surface area contributed by atoms with Gasteiger partial charge in [0.2, 0.25) is 5.13 Å². The molecule has 0 bridgehead atoms. The molecule has 3 aromatic rings. The van der Waals surface area contributed by atoms with Crippen molar-refractivity contribution in [3.63, 3.8) is 0 Å². The Morgan fingerprint density at radius 1 is 1.38 bits per heavy atom. The molecule has 0 radical (unpaired) electrons. The number of benzene rings is 1. The smallest absolute Gasteiger partial charge is 0.209 e. The number of nitrogens with zero attached hydrogens (tertiary/aromatic N) is 2. The highest BCUT2D eigenvalue weighted by Crippen LogP contribution is 2.28. The van der Waals surface area contributed by atoms with Crippen molar-refractivity contribution in [3.05, 3.63) is 50.1 Å². The van der Waals surface area contributed by atoms with E-state index < -0.39 is 0 Å². The second kappa shape index (κ2) is 7.48. The lowest BCUT2D eigenvalue weighted by Crippen LogP contribution is -3.12. The van der Waals surface area contributed by atoms with E-state index in [0.29, 0.717) is 6.04 Å². The van der Waals surface area contributed by atoms with Crippen molar-refractivity contribution in [1.29, 1.82) is 0 Å². The molecule has 1 aromatic carbocycles. The van der Waals surface area contributed by atoms with Gasteiger partial charge in [-0.3, -0.25) is 0 Å². The van der Waals surface area contributed by atoms with E-state index in [2.05, 4.69) is 23.7 Å². The van der Waals surface area contributed by atoms with Crippen LogP contribution in [-0.2, 0) is 13.1 Å². The van der Waals surface area contributed by atoms with Crippen molar-refractivity contribution in [3.8, 4) is 5.75 Å². The van der Waals surface area contributed by atoms with E-state index in [4.69, 9.17) is 22.1 Å². The van der Waals surface area contributed by atoms with Crippen LogP contribution < -0.4 is 15.0 Å². The highest BCUT2D eigenvalue weighted by Gasteiger charge is 2.28. The van der Waals surface area contributed by atoms with Gasteiger partial charge in [0.15, 0.2) is 10.6 Å². The first kappa shape index (κ1) is 17.7. The highest BCUT2D eigenvalue weighted by atomic mass is 32.1. The van der Waals surface area contributed by atoms with Crippen LogP contribution in [0.15, 0.2) is 35.7 Å². The van der Waals surface area contributed by atoms with Gasteiger partial charge in [-0.05, 0) is 42.7 Å². The molecule has 136 valence electrons. The zero-order valence-corrected chi connectivity index (χ0v) is 17.1. The molecule has 8 heteroatoms. The Kier molecular flexibility index (Phi) is 5.08. The third-order valence-corrected chi connectivity index (χ3v) is 7.06. The number of hydrogen-bond donors (Lipinski definition) is 2. The monoisotopic (exact) mass is 405 g/mol. The number of nitrogens with one attached hydrogen (secondary N) is 2. The number of methoxy groups -OCH3 is 1. The van der Waals surface area contributed by atoms with Crippen LogP contribution in [0.4, 0.5) is 10.8 Å². The van der Waals surface area contributed by atoms with Crippen LogP contribution in [0, 0.1) is 3.95 Å². The maximum Gasteiger partial charge on any atom is 0.209 e. The summed E-state index contributed by atoms with van der Waals surface area (Å²) in [6.45, 7) is 4.20. The van der Waals surface area contributed by atoms with E-state index in [1.54, 1.807) is 7.11 Å². The Morgan fingerprint density at radius 3 is 3.08 bits per heavy atom. The SMILES string of the molecule is COc1ccccc1Nc1nn(C[NH+]2CCc3sccc3[C@H]2C)c(=S)s1. The summed E-state index contributed by atoms with van der Waals surface area (Å²) in [5.41, 5.74) is 2.37. The van der Waals surface area contributed by atoms with Crippen LogP contribution in [0.25, 0.3) is 0 Å². The average molecular weight is 406 g/mol. The molecule has 1 aliphatic heterocycles. The molecule has 2 atom stereocenters. The Bertz CT molecular complexity index is 961. The molecular formula is C18H21N4OS3+. The molecule has 0 amide bonds. The number of fused-ring (bicyclic) bond motifs is 1. The van der Waals surface area contributed by atoms with Gasteiger partial charge in [0.05, 0.1) is 19.3 Å². The molecule has 0 saturated heterocycles. The normalized spacial score (nSPS) is 19.2. The number of anilines is 2. The molecule has 1 aliphatic rings. The first-order valence-corrected chi connectivity index (χ1v) is 10.6. The number of thiophene rings is 1. The summed E-state index contributed by atoms with van der Waals surface area (Å²) >= 11 is 8.92. The topological polar surface area (TPSA) is 43.5 Å². The summed E-state index contributed by atoms with van der Waals surface area (Å²) in [5.74, 6) is 0.792. The molecule has 5 nitrogen and oxygen atoms in total. The molecule has 2 N–H and O–H groups in total. The van der Waals surface area contributed by atoms with Gasteiger partial charge in [0, 0.05) is 16.9 Å². The van der Waals surface area contributed by atoms with Crippen LogP contribution >= 0.6 is 34.9 Å². The molecule has 0 aliphatic carbocycles. The van der Waals surface area contributed by atoms with Crippen LogP contribution in [0.2, 0.25) is 0 Å². The first-order chi connectivity index (χ1) is 12.7.